The number of benzene rings is 1. The summed E-state index contributed by atoms with van der Waals surface area (Å²) in [5.41, 5.74) is 4.40. The summed E-state index contributed by atoms with van der Waals surface area (Å²) in [6, 6.07) is 10.5. The third kappa shape index (κ3) is 3.22. The summed E-state index contributed by atoms with van der Waals surface area (Å²) in [5, 5.41) is 7.25. The Balaban J connectivity index is 1.33. The van der Waals surface area contributed by atoms with Crippen molar-refractivity contribution in [2.75, 3.05) is 26.2 Å². The Morgan fingerprint density at radius 1 is 1.21 bits per heavy atom. The van der Waals surface area contributed by atoms with E-state index in [-0.39, 0.29) is 5.91 Å². The van der Waals surface area contributed by atoms with Crippen LogP contribution in [0.4, 0.5) is 0 Å². The van der Waals surface area contributed by atoms with Crippen LogP contribution in [0.2, 0.25) is 0 Å². The van der Waals surface area contributed by atoms with E-state index >= 15 is 0 Å². The number of hydrogen-bond donors (Lipinski definition) is 1. The van der Waals surface area contributed by atoms with Crippen LogP contribution in [0.15, 0.2) is 30.3 Å². The lowest BCUT2D eigenvalue weighted by molar-refractivity contribution is 0.0622. The number of rotatable bonds is 4. The molecule has 2 heterocycles. The van der Waals surface area contributed by atoms with Crippen LogP contribution in [0.25, 0.3) is 0 Å². The van der Waals surface area contributed by atoms with E-state index in [9.17, 15) is 4.79 Å². The molecular weight excluding hydrogens is 300 g/mol. The van der Waals surface area contributed by atoms with Crippen LogP contribution in [0, 0.1) is 6.92 Å². The van der Waals surface area contributed by atoms with Gasteiger partial charge in [-0.3, -0.25) is 14.8 Å². The maximum atomic E-state index is 12.6. The molecule has 2 fully saturated rings. The van der Waals surface area contributed by atoms with Crippen molar-refractivity contribution in [1.29, 1.82) is 0 Å². The topological polar surface area (TPSA) is 52.2 Å². The highest BCUT2D eigenvalue weighted by Crippen LogP contribution is 2.39. The predicted molar refractivity (Wildman–Crippen MR) is 92.9 cm³/mol. The molecule has 24 heavy (non-hydrogen) atoms. The Morgan fingerprint density at radius 3 is 2.67 bits per heavy atom. The molecule has 1 aromatic carbocycles. The molecule has 1 N–H and O–H groups in total. The quantitative estimate of drug-likeness (QED) is 0.940. The summed E-state index contributed by atoms with van der Waals surface area (Å²) in [4.78, 5) is 17.0. The van der Waals surface area contributed by atoms with Crippen molar-refractivity contribution >= 4 is 5.91 Å². The van der Waals surface area contributed by atoms with Crippen LogP contribution in [0.5, 0.6) is 0 Å². The van der Waals surface area contributed by atoms with Crippen LogP contribution in [0.1, 0.15) is 46.1 Å². The highest BCUT2D eigenvalue weighted by atomic mass is 16.2. The lowest BCUT2D eigenvalue weighted by Crippen LogP contribution is -2.48. The van der Waals surface area contributed by atoms with Crippen molar-refractivity contribution in [2.45, 2.75) is 32.2 Å². The smallest absolute Gasteiger partial charge is 0.274 e. The van der Waals surface area contributed by atoms with Crippen LogP contribution < -0.4 is 0 Å². The number of aromatic amines is 1. The molecule has 1 aliphatic heterocycles. The minimum absolute atomic E-state index is 0.0636. The Morgan fingerprint density at radius 2 is 1.96 bits per heavy atom. The highest BCUT2D eigenvalue weighted by molar-refractivity contribution is 5.92. The van der Waals surface area contributed by atoms with Crippen molar-refractivity contribution < 1.29 is 4.79 Å². The SMILES string of the molecule is Cc1ccccc1CN1CCN(C(=O)c2cc(C3CC3)[nH]n2)CC1. The molecule has 1 amide bonds. The first-order valence-electron chi connectivity index (χ1n) is 8.82. The van der Waals surface area contributed by atoms with E-state index < -0.39 is 0 Å². The third-order valence-electron chi connectivity index (χ3n) is 5.15. The highest BCUT2D eigenvalue weighted by Gasteiger charge is 2.28. The molecule has 2 aliphatic rings. The van der Waals surface area contributed by atoms with E-state index in [4.69, 9.17) is 0 Å². The second kappa shape index (κ2) is 6.40. The molecule has 0 atom stereocenters. The number of piperazine rings is 1. The van der Waals surface area contributed by atoms with E-state index in [1.807, 2.05) is 11.0 Å². The standard InChI is InChI=1S/C19H24N4O/c1-14-4-2-3-5-16(14)13-22-8-10-23(11-9-22)19(24)18-12-17(20-21-18)15-6-7-15/h2-5,12,15H,6-11,13H2,1H3,(H,20,21). The van der Waals surface area contributed by atoms with Crippen LogP contribution in [-0.4, -0.2) is 52.1 Å². The maximum Gasteiger partial charge on any atom is 0.274 e. The Labute approximate surface area is 142 Å². The molecule has 5 heteroatoms. The van der Waals surface area contributed by atoms with Gasteiger partial charge in [0.1, 0.15) is 5.69 Å². The maximum absolute atomic E-state index is 12.6. The van der Waals surface area contributed by atoms with E-state index in [0.717, 1.165) is 38.4 Å². The monoisotopic (exact) mass is 324 g/mol. The minimum atomic E-state index is 0.0636. The van der Waals surface area contributed by atoms with Gasteiger partial charge in [0.25, 0.3) is 5.91 Å². The second-order valence-corrected chi connectivity index (χ2v) is 6.98. The van der Waals surface area contributed by atoms with Gasteiger partial charge >= 0.3 is 0 Å². The second-order valence-electron chi connectivity index (χ2n) is 6.98. The van der Waals surface area contributed by atoms with Gasteiger partial charge in [0.15, 0.2) is 0 Å². The van der Waals surface area contributed by atoms with Crippen LogP contribution >= 0.6 is 0 Å². The molecule has 5 nitrogen and oxygen atoms in total. The zero-order chi connectivity index (χ0) is 16.5. The number of carbonyl (C=O) groups is 1. The first-order chi connectivity index (χ1) is 11.7. The molecule has 1 aromatic heterocycles. The molecule has 0 radical (unpaired) electrons. The number of hydrogen-bond acceptors (Lipinski definition) is 3. The zero-order valence-electron chi connectivity index (χ0n) is 14.2. The molecule has 4 rings (SSSR count). The molecule has 0 bridgehead atoms. The zero-order valence-corrected chi connectivity index (χ0v) is 14.2. The summed E-state index contributed by atoms with van der Waals surface area (Å²) in [5.74, 6) is 0.665. The van der Waals surface area contributed by atoms with Crippen LogP contribution in [-0.2, 0) is 6.54 Å². The molecule has 0 spiro atoms. The van der Waals surface area contributed by atoms with Gasteiger partial charge in [-0.15, -0.1) is 0 Å². The number of aryl methyl sites for hydroxylation is 1. The summed E-state index contributed by atoms with van der Waals surface area (Å²) >= 11 is 0. The number of carbonyl (C=O) groups excluding carboxylic acids is 1. The van der Waals surface area contributed by atoms with Gasteiger partial charge in [-0.25, -0.2) is 0 Å². The minimum Gasteiger partial charge on any atom is -0.335 e. The van der Waals surface area contributed by atoms with Crippen LogP contribution in [0.3, 0.4) is 0 Å². The fourth-order valence-corrected chi connectivity index (χ4v) is 3.35. The average molecular weight is 324 g/mol. The summed E-state index contributed by atoms with van der Waals surface area (Å²) in [6.45, 7) is 6.50. The van der Waals surface area contributed by atoms with E-state index in [0.29, 0.717) is 11.6 Å². The number of nitrogens with zero attached hydrogens (tertiary/aromatic N) is 3. The van der Waals surface area contributed by atoms with Crippen molar-refractivity contribution in [3.8, 4) is 0 Å². The van der Waals surface area contributed by atoms with Gasteiger partial charge in [0.05, 0.1) is 0 Å². The Bertz CT molecular complexity index is 726. The van der Waals surface area contributed by atoms with E-state index in [2.05, 4.69) is 46.3 Å². The average Bonchev–Trinajstić information content (AvgIpc) is 3.34. The summed E-state index contributed by atoms with van der Waals surface area (Å²) < 4.78 is 0. The first kappa shape index (κ1) is 15.4. The summed E-state index contributed by atoms with van der Waals surface area (Å²) in [6.07, 6.45) is 2.43. The molecule has 1 saturated carbocycles. The number of nitrogens with one attached hydrogen (secondary N) is 1. The fourth-order valence-electron chi connectivity index (χ4n) is 3.35. The van der Waals surface area contributed by atoms with Gasteiger partial charge in [-0.1, -0.05) is 24.3 Å². The molecule has 1 saturated heterocycles. The number of H-pyrrole nitrogens is 1. The van der Waals surface area contributed by atoms with E-state index in [1.165, 1.54) is 24.0 Å². The van der Waals surface area contributed by atoms with Gasteiger partial charge in [0, 0.05) is 44.3 Å². The van der Waals surface area contributed by atoms with Gasteiger partial charge < -0.3 is 4.90 Å². The molecule has 0 unspecified atom stereocenters. The molecule has 2 aromatic rings. The summed E-state index contributed by atoms with van der Waals surface area (Å²) in [7, 11) is 0. The fraction of sp³-hybridized carbons (Fsp3) is 0.474. The van der Waals surface area contributed by atoms with Gasteiger partial charge in [-0.2, -0.15) is 5.10 Å². The Hall–Kier alpha value is -2.14. The molecule has 126 valence electrons. The van der Waals surface area contributed by atoms with E-state index in [1.54, 1.807) is 0 Å². The predicted octanol–water partition coefficient (Wildman–Crippen LogP) is 2.55. The van der Waals surface area contributed by atoms with Gasteiger partial charge in [-0.05, 0) is 37.0 Å². The largest absolute Gasteiger partial charge is 0.335 e. The van der Waals surface area contributed by atoms with Crippen molar-refractivity contribution in [1.82, 2.24) is 20.0 Å². The normalized spacial score (nSPS) is 18.8. The third-order valence-corrected chi connectivity index (χ3v) is 5.15. The van der Waals surface area contributed by atoms with Crippen molar-refractivity contribution in [3.63, 3.8) is 0 Å². The number of aromatic nitrogens is 2. The Kier molecular flexibility index (Phi) is 4.10. The number of amides is 1. The van der Waals surface area contributed by atoms with Crippen molar-refractivity contribution in [3.05, 3.63) is 52.8 Å². The van der Waals surface area contributed by atoms with Crippen molar-refractivity contribution in [2.24, 2.45) is 0 Å². The van der Waals surface area contributed by atoms with Gasteiger partial charge in [0.2, 0.25) is 0 Å². The molecule has 1 aliphatic carbocycles. The first-order valence-corrected chi connectivity index (χ1v) is 8.82. The lowest BCUT2D eigenvalue weighted by atomic mass is 10.1. The lowest BCUT2D eigenvalue weighted by Gasteiger charge is -2.34. The molecular formula is C19H24N4O.